The minimum atomic E-state index is -0.0595. The van der Waals surface area contributed by atoms with Gasteiger partial charge in [0.2, 0.25) is 0 Å². The van der Waals surface area contributed by atoms with Gasteiger partial charge in [0.15, 0.2) is 27.1 Å². The number of hydrogen-bond donors (Lipinski definition) is 2. The van der Waals surface area contributed by atoms with Crippen molar-refractivity contribution in [3.05, 3.63) is 0 Å². The van der Waals surface area contributed by atoms with Crippen LogP contribution >= 0.6 is 37.0 Å². The summed E-state index contributed by atoms with van der Waals surface area (Å²) in [5, 5.41) is 17.0. The second-order valence-electron chi connectivity index (χ2n) is 5.24. The Labute approximate surface area is 199 Å². The van der Waals surface area contributed by atoms with Crippen LogP contribution in [0.3, 0.4) is 0 Å². The third-order valence-corrected chi connectivity index (χ3v) is 4.74. The molecule has 0 aliphatic heterocycles. The average Bonchev–Trinajstić information content (AvgIpc) is 2.78. The standard InChI is InChI=1S/C16H37O12P3.H3P/c17-1-3-19-5-11-23-29-25-13-7-21-9-15-27-31-28-16-10-22-8-14-26-30-24-12-6-20-4-2-18;/h17-18,29-31H,1-16H2;1H3. The van der Waals surface area contributed by atoms with Crippen LogP contribution in [0.15, 0.2) is 0 Å². The second kappa shape index (κ2) is 34.4. The second-order valence-corrected chi connectivity index (χ2v) is 7.47. The van der Waals surface area contributed by atoms with E-state index in [4.69, 9.17) is 56.3 Å². The summed E-state index contributed by atoms with van der Waals surface area (Å²) in [7, 11) is -0.169. The van der Waals surface area contributed by atoms with Gasteiger partial charge in [-0.25, -0.2) is 0 Å². The highest BCUT2D eigenvalue weighted by Crippen LogP contribution is 2.14. The summed E-state index contributed by atoms with van der Waals surface area (Å²) >= 11 is 0. The van der Waals surface area contributed by atoms with Crippen LogP contribution in [0.25, 0.3) is 0 Å². The van der Waals surface area contributed by atoms with Crippen molar-refractivity contribution in [3.8, 4) is 0 Å². The first kappa shape index (κ1) is 35.4. The van der Waals surface area contributed by atoms with Crippen LogP contribution in [0.4, 0.5) is 0 Å². The van der Waals surface area contributed by atoms with E-state index >= 15 is 0 Å². The van der Waals surface area contributed by atoms with Gasteiger partial charge in [-0.15, -0.1) is 0 Å². The maximum atomic E-state index is 8.52. The highest BCUT2D eigenvalue weighted by molar-refractivity contribution is 7.26. The van der Waals surface area contributed by atoms with Gasteiger partial charge >= 0.3 is 0 Å². The smallest absolute Gasteiger partial charge is 0.155 e. The summed E-state index contributed by atoms with van der Waals surface area (Å²) in [6.07, 6.45) is 0. The lowest BCUT2D eigenvalue weighted by molar-refractivity contribution is 0.0599. The summed E-state index contributed by atoms with van der Waals surface area (Å²) in [4.78, 5) is 0. The summed E-state index contributed by atoms with van der Waals surface area (Å²) in [5.41, 5.74) is 0. The van der Waals surface area contributed by atoms with Crippen LogP contribution in [0.5, 0.6) is 0 Å². The molecule has 32 heavy (non-hydrogen) atoms. The van der Waals surface area contributed by atoms with Gasteiger partial charge in [-0.2, -0.15) is 9.90 Å². The molecule has 3 unspecified atom stereocenters. The van der Waals surface area contributed by atoms with E-state index in [0.29, 0.717) is 92.5 Å². The third-order valence-electron chi connectivity index (χ3n) is 2.80. The number of aliphatic hydroxyl groups is 2. The molecule has 0 aromatic rings. The number of hydrogen-bond acceptors (Lipinski definition) is 12. The molecule has 0 heterocycles. The van der Waals surface area contributed by atoms with E-state index in [1.165, 1.54) is 0 Å². The Balaban J connectivity index is 0. The van der Waals surface area contributed by atoms with Crippen molar-refractivity contribution in [2.75, 3.05) is 106 Å². The Bertz CT molecular complexity index is 299. The monoisotopic (exact) mass is 548 g/mol. The first-order chi connectivity index (χ1) is 15.4. The first-order valence-corrected chi connectivity index (χ1v) is 12.3. The van der Waals surface area contributed by atoms with Crippen molar-refractivity contribution >= 4 is 37.0 Å². The molecule has 0 aromatic heterocycles. The lowest BCUT2D eigenvalue weighted by Gasteiger charge is -2.08. The van der Waals surface area contributed by atoms with Gasteiger partial charge in [-0.3, -0.25) is 0 Å². The van der Waals surface area contributed by atoms with Gasteiger partial charge < -0.3 is 56.3 Å². The molecule has 12 nitrogen and oxygen atoms in total. The molecule has 3 atom stereocenters. The molecular weight excluding hydrogens is 508 g/mol. The Morgan fingerprint density at radius 1 is 0.344 bits per heavy atom. The van der Waals surface area contributed by atoms with Gasteiger partial charge in [0.25, 0.3) is 0 Å². The Hall–Kier alpha value is 1.24. The zero-order valence-corrected chi connectivity index (χ0v) is 22.9. The zero-order chi connectivity index (χ0) is 22.5. The van der Waals surface area contributed by atoms with Crippen LogP contribution in [0, 0.1) is 0 Å². The highest BCUT2D eigenvalue weighted by atomic mass is 31.1. The van der Waals surface area contributed by atoms with Crippen LogP contribution in [0.2, 0.25) is 0 Å². The molecule has 0 aromatic carbocycles. The Morgan fingerprint density at radius 2 is 0.562 bits per heavy atom. The third kappa shape index (κ3) is 33.4. The lowest BCUT2D eigenvalue weighted by Crippen LogP contribution is -2.07. The fourth-order valence-corrected chi connectivity index (χ4v) is 2.77. The van der Waals surface area contributed by atoms with E-state index in [0.717, 1.165) is 0 Å². The maximum Gasteiger partial charge on any atom is 0.155 e. The van der Waals surface area contributed by atoms with Crippen molar-refractivity contribution in [1.29, 1.82) is 0 Å². The molecule has 0 rings (SSSR count). The van der Waals surface area contributed by atoms with E-state index in [1.807, 2.05) is 0 Å². The number of aliphatic hydroxyl groups excluding tert-OH is 2. The van der Waals surface area contributed by atoms with E-state index < -0.39 is 0 Å². The van der Waals surface area contributed by atoms with Crippen LogP contribution < -0.4 is 0 Å². The summed E-state index contributed by atoms with van der Waals surface area (Å²) < 4.78 is 52.2. The van der Waals surface area contributed by atoms with Gasteiger partial charge in [0.05, 0.1) is 106 Å². The number of rotatable bonds is 28. The topological polar surface area (TPSA) is 133 Å². The van der Waals surface area contributed by atoms with E-state index in [2.05, 4.69) is 0 Å². The predicted molar refractivity (Wildman–Crippen MR) is 129 cm³/mol. The molecule has 0 saturated carbocycles. The summed E-state index contributed by atoms with van der Waals surface area (Å²) in [6.45, 7) is 6.04. The molecule has 0 fully saturated rings. The molecule has 2 N–H and O–H groups in total. The average molecular weight is 548 g/mol. The fourth-order valence-electron chi connectivity index (χ4n) is 1.52. The van der Waals surface area contributed by atoms with Gasteiger partial charge in [-0.1, -0.05) is 0 Å². The molecule has 0 bridgehead atoms. The quantitative estimate of drug-likeness (QED) is 0.105. The van der Waals surface area contributed by atoms with Gasteiger partial charge in [0.1, 0.15) is 0 Å². The summed E-state index contributed by atoms with van der Waals surface area (Å²) in [5.74, 6) is 0. The fraction of sp³-hybridized carbons (Fsp3) is 1.00. The minimum Gasteiger partial charge on any atom is -0.394 e. The van der Waals surface area contributed by atoms with Crippen molar-refractivity contribution in [1.82, 2.24) is 0 Å². The molecular formula is C16H40O12P4. The lowest BCUT2D eigenvalue weighted by atomic mass is 10.7. The Morgan fingerprint density at radius 3 is 0.781 bits per heavy atom. The van der Waals surface area contributed by atoms with Crippen molar-refractivity contribution < 1.29 is 56.3 Å². The van der Waals surface area contributed by atoms with Crippen LogP contribution in [-0.2, 0) is 46.1 Å². The molecule has 0 saturated heterocycles. The molecule has 0 aliphatic carbocycles. The first-order valence-electron chi connectivity index (χ1n) is 9.90. The SMILES string of the molecule is OCCOCCOPOCCOCCOPOCCOCCOPOCCOCCO.P. The highest BCUT2D eigenvalue weighted by Gasteiger charge is 1.95. The molecule has 196 valence electrons. The molecule has 0 aliphatic rings. The van der Waals surface area contributed by atoms with Crippen molar-refractivity contribution in [2.45, 2.75) is 0 Å². The molecule has 0 spiro atoms. The maximum absolute atomic E-state index is 8.52. The summed E-state index contributed by atoms with van der Waals surface area (Å²) in [6, 6.07) is 0. The largest absolute Gasteiger partial charge is 0.394 e. The normalized spacial score (nSPS) is 12.2. The van der Waals surface area contributed by atoms with Crippen molar-refractivity contribution in [2.24, 2.45) is 0 Å². The minimum absolute atomic E-state index is 0. The molecule has 16 heteroatoms. The zero-order valence-electron chi connectivity index (χ0n) is 18.5. The van der Waals surface area contributed by atoms with E-state index in [9.17, 15) is 0 Å². The van der Waals surface area contributed by atoms with E-state index in [-0.39, 0.29) is 50.2 Å². The van der Waals surface area contributed by atoms with Gasteiger partial charge in [-0.05, 0) is 0 Å². The molecule has 0 amide bonds. The number of ether oxygens (including phenoxy) is 4. The van der Waals surface area contributed by atoms with Gasteiger partial charge in [0, 0.05) is 0 Å². The van der Waals surface area contributed by atoms with Crippen LogP contribution in [0.1, 0.15) is 0 Å². The Kier molecular flexibility index (Phi) is 38.1. The van der Waals surface area contributed by atoms with Crippen molar-refractivity contribution in [3.63, 3.8) is 0 Å². The molecule has 0 radical (unpaired) electrons. The van der Waals surface area contributed by atoms with E-state index in [1.54, 1.807) is 0 Å². The predicted octanol–water partition coefficient (Wildman–Crippen LogP) is 0.721. The van der Waals surface area contributed by atoms with Crippen LogP contribution in [-0.4, -0.2) is 116 Å².